The van der Waals surface area contributed by atoms with Gasteiger partial charge in [0.15, 0.2) is 0 Å². The van der Waals surface area contributed by atoms with Crippen LogP contribution in [0.3, 0.4) is 0 Å². The van der Waals surface area contributed by atoms with Crippen molar-refractivity contribution in [1.82, 2.24) is 4.72 Å². The van der Waals surface area contributed by atoms with Crippen LogP contribution >= 0.6 is 12.2 Å². The van der Waals surface area contributed by atoms with Gasteiger partial charge in [-0.15, -0.1) is 0 Å². The molecule has 1 aliphatic heterocycles. The zero-order chi connectivity index (χ0) is 14.8. The molecule has 0 amide bonds. The van der Waals surface area contributed by atoms with Crippen LogP contribution in [0.5, 0.6) is 0 Å². The molecular weight excluding hydrogens is 296 g/mol. The first-order valence-electron chi connectivity index (χ1n) is 6.38. The number of nitrogens with one attached hydrogen (secondary N) is 1. The lowest BCUT2D eigenvalue weighted by molar-refractivity contribution is 0.186. The second kappa shape index (κ2) is 6.17. The molecule has 1 saturated heterocycles. The molecule has 1 fully saturated rings. The molecule has 0 spiro atoms. The Balaban J connectivity index is 2.19. The van der Waals surface area contributed by atoms with Gasteiger partial charge in [0.05, 0.1) is 11.5 Å². The van der Waals surface area contributed by atoms with E-state index in [9.17, 15) is 8.42 Å². The van der Waals surface area contributed by atoms with Gasteiger partial charge in [0.25, 0.3) is 0 Å². The van der Waals surface area contributed by atoms with E-state index in [0.717, 1.165) is 6.42 Å². The number of nitrogens with two attached hydrogens (primary N) is 1. The monoisotopic (exact) mass is 314 g/mol. The number of sulfonamides is 1. The third-order valence-corrected chi connectivity index (χ3v) is 5.15. The van der Waals surface area contributed by atoms with Crippen LogP contribution in [0.4, 0.5) is 0 Å². The normalized spacial score (nSPS) is 19.1. The number of aryl methyl sites for hydroxylation is 1. The highest BCUT2D eigenvalue weighted by atomic mass is 32.2. The Morgan fingerprint density at radius 2 is 2.30 bits per heavy atom. The van der Waals surface area contributed by atoms with Gasteiger partial charge >= 0.3 is 0 Å². The van der Waals surface area contributed by atoms with Crippen LogP contribution in [-0.2, 0) is 14.8 Å². The fourth-order valence-electron chi connectivity index (χ4n) is 2.09. The topological polar surface area (TPSA) is 81.4 Å². The summed E-state index contributed by atoms with van der Waals surface area (Å²) < 4.78 is 32.6. The Morgan fingerprint density at radius 3 is 2.90 bits per heavy atom. The maximum Gasteiger partial charge on any atom is 0.240 e. The number of hydrogen-bond acceptors (Lipinski definition) is 4. The Morgan fingerprint density at radius 1 is 1.55 bits per heavy atom. The van der Waals surface area contributed by atoms with E-state index in [2.05, 4.69) is 4.72 Å². The van der Waals surface area contributed by atoms with Gasteiger partial charge in [0.1, 0.15) is 4.99 Å². The average Bonchev–Trinajstić information content (AvgIpc) is 2.89. The standard InChI is InChI=1S/C13H18N2O3S2/c1-9-2-3-11(13(14)19)6-12(9)20(16,17)15-7-10-4-5-18-8-10/h2-3,6,10,15H,4-5,7-8H2,1H3,(H2,14,19). The van der Waals surface area contributed by atoms with Crippen molar-refractivity contribution in [3.63, 3.8) is 0 Å². The van der Waals surface area contributed by atoms with Crippen molar-refractivity contribution in [3.05, 3.63) is 29.3 Å². The average molecular weight is 314 g/mol. The molecule has 7 heteroatoms. The van der Waals surface area contributed by atoms with Crippen molar-refractivity contribution in [1.29, 1.82) is 0 Å². The third kappa shape index (κ3) is 3.54. The van der Waals surface area contributed by atoms with Crippen LogP contribution in [-0.4, -0.2) is 33.2 Å². The lowest BCUT2D eigenvalue weighted by Gasteiger charge is -2.13. The Kier molecular flexibility index (Phi) is 4.74. The Labute approximate surface area is 124 Å². The van der Waals surface area contributed by atoms with Crippen LogP contribution in [0.2, 0.25) is 0 Å². The zero-order valence-electron chi connectivity index (χ0n) is 11.3. The molecule has 1 atom stereocenters. The van der Waals surface area contributed by atoms with E-state index in [1.165, 1.54) is 6.07 Å². The van der Waals surface area contributed by atoms with E-state index in [1.807, 2.05) is 0 Å². The van der Waals surface area contributed by atoms with E-state index in [4.69, 9.17) is 22.7 Å². The van der Waals surface area contributed by atoms with Crippen molar-refractivity contribution < 1.29 is 13.2 Å². The molecule has 1 unspecified atom stereocenters. The van der Waals surface area contributed by atoms with E-state index in [1.54, 1.807) is 19.1 Å². The summed E-state index contributed by atoms with van der Waals surface area (Å²) in [4.78, 5) is 0.410. The summed E-state index contributed by atoms with van der Waals surface area (Å²) in [6, 6.07) is 4.95. The van der Waals surface area contributed by atoms with Gasteiger partial charge in [-0.25, -0.2) is 13.1 Å². The molecule has 5 nitrogen and oxygen atoms in total. The molecule has 0 aliphatic carbocycles. The molecule has 0 radical (unpaired) electrons. The highest BCUT2D eigenvalue weighted by Crippen LogP contribution is 2.18. The highest BCUT2D eigenvalue weighted by molar-refractivity contribution is 7.89. The van der Waals surface area contributed by atoms with E-state index < -0.39 is 10.0 Å². The summed E-state index contributed by atoms with van der Waals surface area (Å²) in [6.07, 6.45) is 0.883. The molecule has 20 heavy (non-hydrogen) atoms. The Hall–Kier alpha value is -1.02. The van der Waals surface area contributed by atoms with Gasteiger partial charge < -0.3 is 10.5 Å². The second-order valence-corrected chi connectivity index (χ2v) is 7.10. The fraction of sp³-hybridized carbons (Fsp3) is 0.462. The van der Waals surface area contributed by atoms with Crippen LogP contribution in [0.25, 0.3) is 0 Å². The van der Waals surface area contributed by atoms with Gasteiger partial charge in [0.2, 0.25) is 10.0 Å². The zero-order valence-corrected chi connectivity index (χ0v) is 12.9. The van der Waals surface area contributed by atoms with Crippen molar-refractivity contribution in [2.24, 2.45) is 11.7 Å². The van der Waals surface area contributed by atoms with Crippen molar-refractivity contribution in [2.45, 2.75) is 18.2 Å². The molecule has 1 heterocycles. The van der Waals surface area contributed by atoms with E-state index in [0.29, 0.717) is 30.9 Å². The molecule has 0 aromatic heterocycles. The summed E-state index contributed by atoms with van der Waals surface area (Å²) in [5.41, 5.74) is 6.77. The number of benzene rings is 1. The van der Waals surface area contributed by atoms with E-state index in [-0.39, 0.29) is 15.8 Å². The lowest BCUT2D eigenvalue weighted by Crippen LogP contribution is -2.30. The first-order valence-corrected chi connectivity index (χ1v) is 8.27. The predicted octanol–water partition coefficient (Wildman–Crippen LogP) is 0.944. The smallest absolute Gasteiger partial charge is 0.240 e. The maximum atomic E-state index is 12.3. The van der Waals surface area contributed by atoms with Gasteiger partial charge in [-0.1, -0.05) is 24.4 Å². The summed E-state index contributed by atoms with van der Waals surface area (Å²) in [5.74, 6) is 0.240. The molecule has 0 saturated carbocycles. The third-order valence-electron chi connectivity index (χ3n) is 3.35. The van der Waals surface area contributed by atoms with E-state index >= 15 is 0 Å². The summed E-state index contributed by atoms with van der Waals surface area (Å²) >= 11 is 4.89. The fourth-order valence-corrected chi connectivity index (χ4v) is 3.60. The first kappa shape index (κ1) is 15.4. The van der Waals surface area contributed by atoms with Crippen LogP contribution in [0.1, 0.15) is 17.5 Å². The van der Waals surface area contributed by atoms with Crippen molar-refractivity contribution in [3.8, 4) is 0 Å². The quantitative estimate of drug-likeness (QED) is 0.791. The first-order chi connectivity index (χ1) is 9.40. The maximum absolute atomic E-state index is 12.3. The number of ether oxygens (including phenoxy) is 1. The molecule has 3 N–H and O–H groups in total. The summed E-state index contributed by atoms with van der Waals surface area (Å²) in [7, 11) is -3.56. The molecule has 2 rings (SSSR count). The van der Waals surface area contributed by atoms with Gasteiger partial charge in [-0.2, -0.15) is 0 Å². The van der Waals surface area contributed by atoms with Gasteiger partial charge in [0, 0.05) is 18.7 Å². The SMILES string of the molecule is Cc1ccc(C(N)=S)cc1S(=O)(=O)NCC1CCOC1. The second-order valence-electron chi connectivity index (χ2n) is 4.93. The molecular formula is C13H18N2O3S2. The lowest BCUT2D eigenvalue weighted by atomic mass is 10.1. The molecule has 1 aliphatic rings. The molecule has 1 aromatic rings. The van der Waals surface area contributed by atoms with Crippen LogP contribution in [0, 0.1) is 12.8 Å². The van der Waals surface area contributed by atoms with Gasteiger partial charge in [-0.05, 0) is 30.9 Å². The minimum atomic E-state index is -3.56. The van der Waals surface area contributed by atoms with Crippen LogP contribution < -0.4 is 10.5 Å². The van der Waals surface area contributed by atoms with Crippen molar-refractivity contribution >= 4 is 27.2 Å². The number of rotatable bonds is 5. The minimum absolute atomic E-state index is 0.186. The number of thiocarbonyl (C=S) groups is 1. The molecule has 0 bridgehead atoms. The predicted molar refractivity (Wildman–Crippen MR) is 81.2 cm³/mol. The van der Waals surface area contributed by atoms with Gasteiger partial charge in [-0.3, -0.25) is 0 Å². The van der Waals surface area contributed by atoms with Crippen LogP contribution in [0.15, 0.2) is 23.1 Å². The molecule has 110 valence electrons. The summed E-state index contributed by atoms with van der Waals surface area (Å²) in [5, 5.41) is 0. The Bertz CT molecular complexity index is 608. The number of hydrogen-bond donors (Lipinski definition) is 2. The largest absolute Gasteiger partial charge is 0.389 e. The van der Waals surface area contributed by atoms with Crippen molar-refractivity contribution in [2.75, 3.05) is 19.8 Å². The minimum Gasteiger partial charge on any atom is -0.389 e. The highest BCUT2D eigenvalue weighted by Gasteiger charge is 2.22. The summed E-state index contributed by atoms with van der Waals surface area (Å²) in [6.45, 7) is 3.44. The molecule has 1 aromatic carbocycles.